The minimum atomic E-state index is -0.413. The van der Waals surface area contributed by atoms with Crippen molar-refractivity contribution in [1.29, 1.82) is 0 Å². The average Bonchev–Trinajstić information content (AvgIpc) is 3.09. The summed E-state index contributed by atoms with van der Waals surface area (Å²) in [7, 11) is 0. The number of rotatable bonds is 5. The van der Waals surface area contributed by atoms with E-state index >= 15 is 0 Å². The Labute approximate surface area is 158 Å². The van der Waals surface area contributed by atoms with E-state index in [-0.39, 0.29) is 11.7 Å². The standard InChI is InChI=1S/C23H22N2O2/c1-14(23(27)25-19-7-3-6-18(13-19)15(2)26)24-21-12-11-17-10-9-16-5-4-8-20(21)22(16)17/h3-8,11-14,24H,9-10H2,1-2H3,(H,25,27)/t14-/m1/s1. The van der Waals surface area contributed by atoms with Crippen molar-refractivity contribution in [3.05, 3.63) is 71.3 Å². The number of Topliss-reactive ketones (excluding diaryl/α,β-unsaturated/α-hetero) is 1. The first-order chi connectivity index (χ1) is 13.0. The van der Waals surface area contributed by atoms with Gasteiger partial charge in [0.15, 0.2) is 5.78 Å². The van der Waals surface area contributed by atoms with Crippen molar-refractivity contribution in [1.82, 2.24) is 0 Å². The van der Waals surface area contributed by atoms with Gasteiger partial charge in [-0.15, -0.1) is 0 Å². The van der Waals surface area contributed by atoms with Gasteiger partial charge in [-0.05, 0) is 61.4 Å². The summed E-state index contributed by atoms with van der Waals surface area (Å²) in [6.45, 7) is 3.36. The molecule has 0 radical (unpaired) electrons. The van der Waals surface area contributed by atoms with Crippen LogP contribution in [0.15, 0.2) is 54.6 Å². The normalized spacial score (nSPS) is 13.4. The Morgan fingerprint density at radius 1 is 0.963 bits per heavy atom. The molecule has 4 rings (SSSR count). The second-order valence-corrected chi connectivity index (χ2v) is 7.10. The zero-order chi connectivity index (χ0) is 19.0. The highest BCUT2D eigenvalue weighted by Crippen LogP contribution is 2.35. The molecular weight excluding hydrogens is 336 g/mol. The third-order valence-corrected chi connectivity index (χ3v) is 5.18. The maximum Gasteiger partial charge on any atom is 0.246 e. The number of hydrogen-bond acceptors (Lipinski definition) is 3. The lowest BCUT2D eigenvalue weighted by atomic mass is 10.0. The van der Waals surface area contributed by atoms with Gasteiger partial charge in [-0.2, -0.15) is 0 Å². The first kappa shape index (κ1) is 17.3. The highest BCUT2D eigenvalue weighted by Gasteiger charge is 2.18. The summed E-state index contributed by atoms with van der Waals surface area (Å²) in [5, 5.41) is 8.72. The molecule has 0 aliphatic heterocycles. The van der Waals surface area contributed by atoms with E-state index in [1.807, 2.05) is 6.92 Å². The van der Waals surface area contributed by atoms with Crippen molar-refractivity contribution in [3.8, 4) is 0 Å². The Bertz CT molecular complexity index is 1050. The van der Waals surface area contributed by atoms with E-state index in [1.165, 1.54) is 28.8 Å². The van der Waals surface area contributed by atoms with Gasteiger partial charge in [0.25, 0.3) is 0 Å². The fourth-order valence-corrected chi connectivity index (χ4v) is 3.74. The lowest BCUT2D eigenvalue weighted by molar-refractivity contribution is -0.116. The van der Waals surface area contributed by atoms with Gasteiger partial charge in [-0.25, -0.2) is 0 Å². The molecule has 136 valence electrons. The second kappa shape index (κ2) is 6.88. The van der Waals surface area contributed by atoms with Gasteiger partial charge in [0.1, 0.15) is 6.04 Å². The lowest BCUT2D eigenvalue weighted by Gasteiger charge is -2.18. The molecule has 0 heterocycles. The quantitative estimate of drug-likeness (QED) is 0.656. The first-order valence-corrected chi connectivity index (χ1v) is 9.25. The SMILES string of the molecule is CC(=O)c1cccc(NC(=O)[C@@H](C)Nc2ccc3c4c(cccc24)CC3)c1. The molecule has 0 unspecified atom stereocenters. The maximum absolute atomic E-state index is 12.6. The Morgan fingerprint density at radius 2 is 1.70 bits per heavy atom. The molecule has 0 saturated heterocycles. The van der Waals surface area contributed by atoms with E-state index in [2.05, 4.69) is 41.0 Å². The van der Waals surface area contributed by atoms with Crippen LogP contribution in [0.5, 0.6) is 0 Å². The largest absolute Gasteiger partial charge is 0.373 e. The Hall–Kier alpha value is -3.14. The van der Waals surface area contributed by atoms with Crippen LogP contribution in [0.25, 0.3) is 10.8 Å². The number of amides is 1. The van der Waals surface area contributed by atoms with Crippen molar-refractivity contribution >= 4 is 33.8 Å². The van der Waals surface area contributed by atoms with E-state index < -0.39 is 6.04 Å². The minimum Gasteiger partial charge on any atom is -0.373 e. The Morgan fingerprint density at radius 3 is 2.48 bits per heavy atom. The summed E-state index contributed by atoms with van der Waals surface area (Å²) in [6, 6.07) is 17.2. The molecule has 4 heteroatoms. The third-order valence-electron chi connectivity index (χ3n) is 5.18. The average molecular weight is 358 g/mol. The lowest BCUT2D eigenvalue weighted by Crippen LogP contribution is -2.32. The van der Waals surface area contributed by atoms with Gasteiger partial charge in [-0.1, -0.05) is 36.4 Å². The van der Waals surface area contributed by atoms with Crippen molar-refractivity contribution in [2.24, 2.45) is 0 Å². The second-order valence-electron chi connectivity index (χ2n) is 7.10. The summed E-state index contributed by atoms with van der Waals surface area (Å²) in [4.78, 5) is 24.1. The molecule has 0 aromatic heterocycles. The molecule has 1 aliphatic carbocycles. The van der Waals surface area contributed by atoms with Crippen molar-refractivity contribution in [2.75, 3.05) is 10.6 Å². The van der Waals surface area contributed by atoms with Crippen LogP contribution in [0.4, 0.5) is 11.4 Å². The molecule has 0 spiro atoms. The number of anilines is 2. The van der Waals surface area contributed by atoms with Crippen LogP contribution in [0.3, 0.4) is 0 Å². The Balaban J connectivity index is 1.54. The van der Waals surface area contributed by atoms with Crippen molar-refractivity contribution < 1.29 is 9.59 Å². The topological polar surface area (TPSA) is 58.2 Å². The third kappa shape index (κ3) is 3.31. The van der Waals surface area contributed by atoms with Crippen LogP contribution in [0.2, 0.25) is 0 Å². The van der Waals surface area contributed by atoms with Gasteiger partial charge in [0.05, 0.1) is 0 Å². The highest BCUT2D eigenvalue weighted by molar-refractivity contribution is 6.03. The van der Waals surface area contributed by atoms with E-state index in [0.717, 1.165) is 18.5 Å². The maximum atomic E-state index is 12.6. The molecule has 2 N–H and O–H groups in total. The van der Waals surface area contributed by atoms with E-state index in [9.17, 15) is 9.59 Å². The molecular formula is C23H22N2O2. The summed E-state index contributed by atoms with van der Waals surface area (Å²) in [5.41, 5.74) is 4.94. The van der Waals surface area contributed by atoms with Crippen LogP contribution in [0, 0.1) is 0 Å². The van der Waals surface area contributed by atoms with Gasteiger partial charge in [-0.3, -0.25) is 9.59 Å². The van der Waals surface area contributed by atoms with Gasteiger partial charge in [0.2, 0.25) is 5.91 Å². The molecule has 0 bridgehead atoms. The monoisotopic (exact) mass is 358 g/mol. The minimum absolute atomic E-state index is 0.0230. The van der Waals surface area contributed by atoms with E-state index in [4.69, 9.17) is 0 Å². The summed E-state index contributed by atoms with van der Waals surface area (Å²) in [5.74, 6) is -0.163. The molecule has 0 saturated carbocycles. The summed E-state index contributed by atoms with van der Waals surface area (Å²) >= 11 is 0. The first-order valence-electron chi connectivity index (χ1n) is 9.25. The predicted molar refractivity (Wildman–Crippen MR) is 110 cm³/mol. The highest BCUT2D eigenvalue weighted by atomic mass is 16.2. The van der Waals surface area contributed by atoms with E-state index in [0.29, 0.717) is 11.3 Å². The number of hydrogen-bond donors (Lipinski definition) is 2. The molecule has 27 heavy (non-hydrogen) atoms. The molecule has 3 aromatic rings. The molecule has 1 amide bonds. The number of benzene rings is 3. The van der Waals surface area contributed by atoms with Crippen LogP contribution >= 0.6 is 0 Å². The van der Waals surface area contributed by atoms with Crippen LogP contribution in [-0.4, -0.2) is 17.7 Å². The number of carbonyl (C=O) groups is 2. The fraction of sp³-hybridized carbons (Fsp3) is 0.217. The van der Waals surface area contributed by atoms with Gasteiger partial charge >= 0.3 is 0 Å². The van der Waals surface area contributed by atoms with Crippen LogP contribution in [0.1, 0.15) is 35.3 Å². The molecule has 1 aliphatic rings. The molecule has 0 fully saturated rings. The number of aryl methyl sites for hydroxylation is 2. The summed E-state index contributed by atoms with van der Waals surface area (Å²) in [6.07, 6.45) is 2.16. The predicted octanol–water partition coefficient (Wildman–Crippen LogP) is 4.58. The molecule has 3 aromatic carbocycles. The van der Waals surface area contributed by atoms with Crippen LogP contribution < -0.4 is 10.6 Å². The number of carbonyl (C=O) groups excluding carboxylic acids is 2. The molecule has 4 nitrogen and oxygen atoms in total. The smallest absolute Gasteiger partial charge is 0.246 e. The van der Waals surface area contributed by atoms with E-state index in [1.54, 1.807) is 24.3 Å². The fourth-order valence-electron chi connectivity index (χ4n) is 3.74. The van der Waals surface area contributed by atoms with Crippen molar-refractivity contribution in [2.45, 2.75) is 32.7 Å². The van der Waals surface area contributed by atoms with Gasteiger partial charge in [0, 0.05) is 22.3 Å². The molecule has 1 atom stereocenters. The zero-order valence-electron chi connectivity index (χ0n) is 15.5. The number of ketones is 1. The van der Waals surface area contributed by atoms with Crippen molar-refractivity contribution in [3.63, 3.8) is 0 Å². The summed E-state index contributed by atoms with van der Waals surface area (Å²) < 4.78 is 0. The Kier molecular flexibility index (Phi) is 4.40. The van der Waals surface area contributed by atoms with Crippen LogP contribution in [-0.2, 0) is 17.6 Å². The zero-order valence-corrected chi connectivity index (χ0v) is 15.5. The number of nitrogens with one attached hydrogen (secondary N) is 2. The van der Waals surface area contributed by atoms with Gasteiger partial charge < -0.3 is 10.6 Å².